The summed E-state index contributed by atoms with van der Waals surface area (Å²) in [4.78, 5) is 16.9. The number of halogens is 1. The van der Waals surface area contributed by atoms with Gasteiger partial charge in [-0.1, -0.05) is 72.8 Å². The Morgan fingerprint density at radius 2 is 1.48 bits per heavy atom. The number of hydrogen-bond donors (Lipinski definition) is 2. The first-order valence-electron chi connectivity index (χ1n) is 10.5. The second kappa shape index (κ2) is 10.1. The lowest BCUT2D eigenvalue weighted by molar-refractivity contribution is -0.117. The third kappa shape index (κ3) is 4.91. The van der Waals surface area contributed by atoms with Gasteiger partial charge in [-0.05, 0) is 28.8 Å². The van der Waals surface area contributed by atoms with Crippen LogP contribution >= 0.6 is 0 Å². The third-order valence-corrected chi connectivity index (χ3v) is 5.51. The molecule has 0 radical (unpaired) electrons. The molecule has 4 rings (SSSR count). The molecule has 1 atom stereocenters. The summed E-state index contributed by atoms with van der Waals surface area (Å²) < 4.78 is 19.6. The molecule has 3 N–H and O–H groups in total. The maximum absolute atomic E-state index is 14.3. The van der Waals surface area contributed by atoms with Gasteiger partial charge in [0.05, 0.1) is 31.1 Å². The number of nitrogens with two attached hydrogens (primary N) is 1. The predicted octanol–water partition coefficient (Wildman–Crippen LogP) is 4.99. The number of amides is 1. The van der Waals surface area contributed by atoms with Crippen molar-refractivity contribution in [3.63, 3.8) is 0 Å². The molecule has 0 spiro atoms. The Morgan fingerprint density at radius 3 is 2.03 bits per heavy atom. The highest BCUT2D eigenvalue weighted by molar-refractivity contribution is 5.96. The molecule has 1 unspecified atom stereocenters. The minimum atomic E-state index is -0.813. The normalized spacial score (nSPS) is 11.8. The van der Waals surface area contributed by atoms with Crippen molar-refractivity contribution in [2.24, 2.45) is 5.73 Å². The molecule has 0 aliphatic rings. The first kappa shape index (κ1) is 22.2. The number of pyridine rings is 1. The summed E-state index contributed by atoms with van der Waals surface area (Å²) in [5.41, 5.74) is 9.88. The number of anilines is 1. The fourth-order valence-electron chi connectivity index (χ4n) is 3.88. The Hall–Kier alpha value is -4.03. The number of nitrogens with one attached hydrogen (secondary N) is 1. The molecule has 1 heterocycles. The Bertz CT molecular complexity index is 1180. The Labute approximate surface area is 192 Å². The summed E-state index contributed by atoms with van der Waals surface area (Å²) in [7, 11) is 1.46. The first-order valence-corrected chi connectivity index (χ1v) is 10.5. The largest absolute Gasteiger partial charge is 0.494 e. The third-order valence-electron chi connectivity index (χ3n) is 5.51. The molecule has 0 saturated heterocycles. The summed E-state index contributed by atoms with van der Waals surface area (Å²) in [6.45, 7) is 0. The summed E-state index contributed by atoms with van der Waals surface area (Å²) in [6.07, 6.45) is 2.60. The SMILES string of the molecule is COc1cncc(F)c1-c1ccc(NC(=O)C(N)C(c2ccccc2)c2ccccc2)cc1. The molecule has 0 bridgehead atoms. The molecule has 1 aromatic heterocycles. The lowest BCUT2D eigenvalue weighted by atomic mass is 9.85. The molecule has 166 valence electrons. The topological polar surface area (TPSA) is 77.2 Å². The molecular formula is C27H24FN3O2. The van der Waals surface area contributed by atoms with E-state index in [2.05, 4.69) is 10.3 Å². The van der Waals surface area contributed by atoms with Crippen LogP contribution in [0.1, 0.15) is 17.0 Å². The molecular weight excluding hydrogens is 417 g/mol. The van der Waals surface area contributed by atoms with Crippen LogP contribution in [0.25, 0.3) is 11.1 Å². The molecule has 33 heavy (non-hydrogen) atoms. The van der Waals surface area contributed by atoms with Crippen molar-refractivity contribution in [2.75, 3.05) is 12.4 Å². The number of nitrogens with zero attached hydrogens (tertiary/aromatic N) is 1. The quantitative estimate of drug-likeness (QED) is 0.423. The van der Waals surface area contributed by atoms with Crippen LogP contribution < -0.4 is 15.8 Å². The van der Waals surface area contributed by atoms with Crippen LogP contribution in [-0.2, 0) is 4.79 Å². The smallest absolute Gasteiger partial charge is 0.242 e. The van der Waals surface area contributed by atoms with E-state index in [4.69, 9.17) is 10.5 Å². The van der Waals surface area contributed by atoms with Gasteiger partial charge < -0.3 is 15.8 Å². The van der Waals surface area contributed by atoms with E-state index in [1.807, 2.05) is 60.7 Å². The maximum Gasteiger partial charge on any atom is 0.242 e. The van der Waals surface area contributed by atoms with Crippen molar-refractivity contribution in [3.8, 4) is 16.9 Å². The highest BCUT2D eigenvalue weighted by Gasteiger charge is 2.27. The number of methoxy groups -OCH3 is 1. The van der Waals surface area contributed by atoms with E-state index >= 15 is 0 Å². The van der Waals surface area contributed by atoms with Crippen molar-refractivity contribution in [2.45, 2.75) is 12.0 Å². The Morgan fingerprint density at radius 1 is 0.909 bits per heavy atom. The van der Waals surface area contributed by atoms with Crippen LogP contribution in [0.3, 0.4) is 0 Å². The highest BCUT2D eigenvalue weighted by atomic mass is 19.1. The van der Waals surface area contributed by atoms with Crippen LogP contribution in [0.4, 0.5) is 10.1 Å². The monoisotopic (exact) mass is 441 g/mol. The molecule has 0 saturated carbocycles. The Kier molecular flexibility index (Phi) is 6.76. The van der Waals surface area contributed by atoms with E-state index in [0.717, 1.165) is 17.3 Å². The molecule has 3 aromatic carbocycles. The van der Waals surface area contributed by atoms with Gasteiger partial charge in [-0.3, -0.25) is 9.78 Å². The molecule has 1 amide bonds. The van der Waals surface area contributed by atoms with Crippen LogP contribution in [0.15, 0.2) is 97.3 Å². The van der Waals surface area contributed by atoms with Crippen molar-refractivity contribution in [3.05, 3.63) is 114 Å². The number of carbonyl (C=O) groups is 1. The standard InChI is InChI=1S/C27H24FN3O2/c1-33-23-17-30-16-22(28)25(23)20-12-14-21(15-13-20)31-27(32)26(29)24(18-8-4-2-5-9-18)19-10-6-3-7-11-19/h2-17,24,26H,29H2,1H3,(H,31,32). The minimum Gasteiger partial charge on any atom is -0.494 e. The van der Waals surface area contributed by atoms with Crippen molar-refractivity contribution >= 4 is 11.6 Å². The zero-order valence-corrected chi connectivity index (χ0v) is 18.1. The fourth-order valence-corrected chi connectivity index (χ4v) is 3.88. The van der Waals surface area contributed by atoms with E-state index in [9.17, 15) is 9.18 Å². The molecule has 0 fully saturated rings. The summed E-state index contributed by atoms with van der Waals surface area (Å²) >= 11 is 0. The van der Waals surface area contributed by atoms with E-state index in [0.29, 0.717) is 22.6 Å². The Balaban J connectivity index is 1.56. The van der Waals surface area contributed by atoms with E-state index in [1.165, 1.54) is 13.3 Å². The van der Waals surface area contributed by atoms with Gasteiger partial charge >= 0.3 is 0 Å². The van der Waals surface area contributed by atoms with Gasteiger partial charge in [-0.25, -0.2) is 4.39 Å². The average Bonchev–Trinajstić information content (AvgIpc) is 2.86. The van der Waals surface area contributed by atoms with Crippen molar-refractivity contribution < 1.29 is 13.9 Å². The number of hydrogen-bond acceptors (Lipinski definition) is 4. The van der Waals surface area contributed by atoms with E-state index in [1.54, 1.807) is 24.3 Å². The molecule has 0 aliphatic heterocycles. The van der Waals surface area contributed by atoms with Crippen molar-refractivity contribution in [1.29, 1.82) is 0 Å². The summed E-state index contributed by atoms with van der Waals surface area (Å²) in [5.74, 6) is -0.765. The highest BCUT2D eigenvalue weighted by Crippen LogP contribution is 2.32. The second-order valence-corrected chi connectivity index (χ2v) is 7.59. The summed E-state index contributed by atoms with van der Waals surface area (Å²) in [5, 5.41) is 2.88. The minimum absolute atomic E-state index is 0.304. The van der Waals surface area contributed by atoms with Crippen LogP contribution in [0.5, 0.6) is 5.75 Å². The molecule has 6 heteroatoms. The average molecular weight is 442 g/mol. The fraction of sp³-hybridized carbons (Fsp3) is 0.111. The maximum atomic E-state index is 14.3. The van der Waals surface area contributed by atoms with Crippen LogP contribution in [0, 0.1) is 5.82 Å². The number of carbonyl (C=O) groups excluding carboxylic acids is 1. The van der Waals surface area contributed by atoms with Gasteiger partial charge in [-0.15, -0.1) is 0 Å². The van der Waals surface area contributed by atoms with E-state index < -0.39 is 11.9 Å². The lowest BCUT2D eigenvalue weighted by Crippen LogP contribution is -2.41. The van der Waals surface area contributed by atoms with Crippen LogP contribution in [-0.4, -0.2) is 24.0 Å². The second-order valence-electron chi connectivity index (χ2n) is 7.59. The number of aromatic nitrogens is 1. The van der Waals surface area contributed by atoms with Gasteiger partial charge in [0.15, 0.2) is 5.82 Å². The van der Waals surface area contributed by atoms with Crippen LogP contribution in [0.2, 0.25) is 0 Å². The van der Waals surface area contributed by atoms with Gasteiger partial charge in [0.2, 0.25) is 5.91 Å². The van der Waals surface area contributed by atoms with Gasteiger partial charge in [0.1, 0.15) is 5.75 Å². The molecule has 5 nitrogen and oxygen atoms in total. The molecule has 4 aromatic rings. The zero-order chi connectivity index (χ0) is 23.2. The van der Waals surface area contributed by atoms with Gasteiger partial charge in [-0.2, -0.15) is 0 Å². The lowest BCUT2D eigenvalue weighted by Gasteiger charge is -2.24. The molecule has 0 aliphatic carbocycles. The van der Waals surface area contributed by atoms with Gasteiger partial charge in [0, 0.05) is 11.6 Å². The number of ether oxygens (including phenoxy) is 1. The number of rotatable bonds is 7. The van der Waals surface area contributed by atoms with Gasteiger partial charge in [0.25, 0.3) is 0 Å². The predicted molar refractivity (Wildman–Crippen MR) is 128 cm³/mol. The summed E-state index contributed by atoms with van der Waals surface area (Å²) in [6, 6.07) is 25.5. The zero-order valence-electron chi connectivity index (χ0n) is 18.1. The van der Waals surface area contributed by atoms with E-state index in [-0.39, 0.29) is 11.8 Å². The number of benzene rings is 3. The van der Waals surface area contributed by atoms with Crippen molar-refractivity contribution in [1.82, 2.24) is 4.98 Å². The first-order chi connectivity index (χ1) is 16.1.